The van der Waals surface area contributed by atoms with Gasteiger partial charge in [-0.3, -0.25) is 14.6 Å². The van der Waals surface area contributed by atoms with E-state index in [1.165, 1.54) is 36.6 Å². The van der Waals surface area contributed by atoms with Gasteiger partial charge in [0.05, 0.1) is 18.0 Å². The third-order valence-electron chi connectivity index (χ3n) is 4.24. The van der Waals surface area contributed by atoms with E-state index in [2.05, 4.69) is 0 Å². The number of hydrogen-bond acceptors (Lipinski definition) is 8. The molecule has 0 rings (SSSR count). The fraction of sp³-hybridized carbons (Fsp3) is 0.706. The van der Waals surface area contributed by atoms with Gasteiger partial charge in [-0.1, -0.05) is 19.1 Å². The third kappa shape index (κ3) is 11.9. The second kappa shape index (κ2) is 16.8. The van der Waals surface area contributed by atoms with Crippen LogP contribution in [0.25, 0.3) is 0 Å². The van der Waals surface area contributed by atoms with Crippen LogP contribution in [-0.4, -0.2) is 81.8 Å². The average Bonchev–Trinajstić information content (AvgIpc) is 2.57. The Morgan fingerprint density at radius 2 is 1.46 bits per heavy atom. The molecule has 0 aromatic rings. The molecule has 28 heavy (non-hydrogen) atoms. The van der Waals surface area contributed by atoms with Crippen molar-refractivity contribution in [1.29, 1.82) is 0 Å². The summed E-state index contributed by atoms with van der Waals surface area (Å²) < 4.78 is 0. The van der Waals surface area contributed by atoms with Gasteiger partial charge in [-0.05, 0) is 27.2 Å². The molecule has 150 valence electrons. The Labute approximate surface area is 210 Å². The minimum Gasteiger partial charge on any atom is -0.548 e. The van der Waals surface area contributed by atoms with E-state index in [0.717, 1.165) is 0 Å². The predicted octanol–water partition coefficient (Wildman–Crippen LogP) is -8.32. The molecule has 0 radical (unpaired) electrons. The summed E-state index contributed by atoms with van der Waals surface area (Å²) >= 11 is 0. The van der Waals surface area contributed by atoms with E-state index >= 15 is 0 Å². The maximum Gasteiger partial charge on any atom is 1.00 e. The number of aliphatic carboxylic acids is 3. The number of carboxylic acid groups (broad SMARTS) is 3. The maximum atomic E-state index is 11.2. The van der Waals surface area contributed by atoms with Gasteiger partial charge >= 0.3 is 65.1 Å². The summed E-state index contributed by atoms with van der Waals surface area (Å²) in [4.78, 5) is 36.2. The monoisotopic (exact) mass is 418 g/mol. The number of nitrogens with zero attached hydrogens (tertiary/aromatic N) is 2. The molecule has 0 aromatic carbocycles. The minimum atomic E-state index is -1.43. The number of allylic oxidation sites excluding steroid dienone is 1. The van der Waals surface area contributed by atoms with E-state index in [-0.39, 0.29) is 78.7 Å². The molecule has 0 amide bonds. The Bertz CT molecular complexity index is 500. The average molecular weight is 418 g/mol. The number of carbonyl (C=O) groups excluding carboxylic acids is 2. The van der Waals surface area contributed by atoms with Gasteiger partial charge in [0.15, 0.2) is 0 Å². The largest absolute Gasteiger partial charge is 1.00 e. The summed E-state index contributed by atoms with van der Waals surface area (Å²) in [6.07, 6.45) is 3.07. The van der Waals surface area contributed by atoms with Crippen molar-refractivity contribution >= 4 is 17.9 Å². The standard InChI is InChI=1S/C17H30N2O7.2Na/c1-5-6-7-14(20)10-18(11(2)15(21)22)8-9-19(12(3)16(23)24)13(4)17(25)26;;/h6-7,11-14,20H,5,8-10H2,1-4H3,(H,21,22)(H,23,24)(H,25,26);;/q;2*+1/p-2/b7-6+;;. The second-order valence-corrected chi connectivity index (χ2v) is 6.14. The number of hydrogen-bond donors (Lipinski definition) is 2. The zero-order valence-corrected chi connectivity index (χ0v) is 21.6. The smallest absolute Gasteiger partial charge is 0.548 e. The van der Waals surface area contributed by atoms with Crippen molar-refractivity contribution in [2.75, 3.05) is 19.6 Å². The van der Waals surface area contributed by atoms with Crippen molar-refractivity contribution in [3.63, 3.8) is 0 Å². The van der Waals surface area contributed by atoms with Crippen LogP contribution in [0, 0.1) is 0 Å². The number of carbonyl (C=O) groups is 3. The molecule has 11 heteroatoms. The normalized spacial score (nSPS) is 15.4. The number of carboxylic acids is 3. The van der Waals surface area contributed by atoms with Crippen LogP contribution in [0.5, 0.6) is 0 Å². The van der Waals surface area contributed by atoms with Crippen molar-refractivity contribution in [3.05, 3.63) is 12.2 Å². The SMILES string of the molecule is CC/C=C/C(O)CN(CCN(C(C)C(=O)[O-])C(C)C(=O)O)C(C)C(=O)[O-].[Na+].[Na+]. The topological polar surface area (TPSA) is 144 Å². The summed E-state index contributed by atoms with van der Waals surface area (Å²) in [5, 5.41) is 41.5. The van der Waals surface area contributed by atoms with E-state index in [1.807, 2.05) is 6.92 Å². The van der Waals surface area contributed by atoms with Gasteiger partial charge in [0.1, 0.15) is 6.04 Å². The Hall–Kier alpha value is 0.0300. The Morgan fingerprint density at radius 3 is 1.86 bits per heavy atom. The van der Waals surface area contributed by atoms with Gasteiger partial charge in [0.2, 0.25) is 0 Å². The third-order valence-corrected chi connectivity index (χ3v) is 4.24. The van der Waals surface area contributed by atoms with Gasteiger partial charge < -0.3 is 30.0 Å². The maximum absolute atomic E-state index is 11.2. The van der Waals surface area contributed by atoms with E-state index < -0.39 is 42.1 Å². The first-order chi connectivity index (χ1) is 12.0. The summed E-state index contributed by atoms with van der Waals surface area (Å²) in [6.45, 7) is 5.90. The van der Waals surface area contributed by atoms with Crippen molar-refractivity contribution in [1.82, 2.24) is 9.80 Å². The van der Waals surface area contributed by atoms with Crippen LogP contribution in [0.3, 0.4) is 0 Å². The van der Waals surface area contributed by atoms with Crippen LogP contribution in [0.15, 0.2) is 12.2 Å². The van der Waals surface area contributed by atoms with Crippen molar-refractivity contribution in [2.45, 2.75) is 58.3 Å². The van der Waals surface area contributed by atoms with Gasteiger partial charge in [-0.2, -0.15) is 0 Å². The van der Waals surface area contributed by atoms with Crippen LogP contribution < -0.4 is 69.3 Å². The molecule has 0 spiro atoms. The minimum absolute atomic E-state index is 0. The molecule has 0 aliphatic carbocycles. The fourth-order valence-corrected chi connectivity index (χ4v) is 2.43. The van der Waals surface area contributed by atoms with Gasteiger partial charge in [0.25, 0.3) is 0 Å². The van der Waals surface area contributed by atoms with Crippen LogP contribution in [0.2, 0.25) is 0 Å². The molecule has 9 nitrogen and oxygen atoms in total. The molecule has 4 unspecified atom stereocenters. The first kappa shape index (κ1) is 32.7. The molecule has 0 fully saturated rings. The molecule has 4 atom stereocenters. The first-order valence-electron chi connectivity index (χ1n) is 8.51. The van der Waals surface area contributed by atoms with E-state index in [4.69, 9.17) is 5.11 Å². The Kier molecular flexibility index (Phi) is 19.6. The van der Waals surface area contributed by atoms with Crippen LogP contribution >= 0.6 is 0 Å². The van der Waals surface area contributed by atoms with Crippen molar-refractivity contribution < 1.29 is 93.9 Å². The molecule has 0 aliphatic rings. The summed E-state index contributed by atoms with van der Waals surface area (Å²) in [5.41, 5.74) is 0. The molecule has 0 heterocycles. The summed E-state index contributed by atoms with van der Waals surface area (Å²) in [5.74, 6) is -3.98. The molecule has 2 N–H and O–H groups in total. The molecule has 0 aliphatic heterocycles. The first-order valence-corrected chi connectivity index (χ1v) is 8.51. The molecule has 0 bridgehead atoms. The molecular weight excluding hydrogens is 390 g/mol. The van der Waals surface area contributed by atoms with Gasteiger partial charge in [0, 0.05) is 31.7 Å². The number of aliphatic hydroxyl groups is 1. The van der Waals surface area contributed by atoms with Crippen LogP contribution in [-0.2, 0) is 14.4 Å². The van der Waals surface area contributed by atoms with Gasteiger partial charge in [-0.15, -0.1) is 0 Å². The van der Waals surface area contributed by atoms with E-state index in [0.29, 0.717) is 6.42 Å². The Balaban J connectivity index is -0.00000312. The van der Waals surface area contributed by atoms with Gasteiger partial charge in [-0.25, -0.2) is 0 Å². The number of rotatable bonds is 13. The zero-order valence-electron chi connectivity index (χ0n) is 17.6. The second-order valence-electron chi connectivity index (χ2n) is 6.14. The quantitative estimate of drug-likeness (QED) is 0.220. The van der Waals surface area contributed by atoms with Crippen LogP contribution in [0.4, 0.5) is 0 Å². The molecule has 0 saturated carbocycles. The predicted molar refractivity (Wildman–Crippen MR) is 89.8 cm³/mol. The van der Waals surface area contributed by atoms with Crippen LogP contribution in [0.1, 0.15) is 34.1 Å². The van der Waals surface area contributed by atoms with Crippen molar-refractivity contribution in [2.24, 2.45) is 0 Å². The number of aliphatic hydroxyl groups excluding tert-OH is 1. The van der Waals surface area contributed by atoms with Crippen molar-refractivity contribution in [3.8, 4) is 0 Å². The summed E-state index contributed by atoms with van der Waals surface area (Å²) in [7, 11) is 0. The Morgan fingerprint density at radius 1 is 0.964 bits per heavy atom. The van der Waals surface area contributed by atoms with E-state index in [9.17, 15) is 29.7 Å². The molecular formula is C17H28N2Na2O7. The molecule has 0 saturated heterocycles. The molecule has 0 aromatic heterocycles. The summed E-state index contributed by atoms with van der Waals surface area (Å²) in [6, 6.07) is -3.32. The van der Waals surface area contributed by atoms with E-state index in [1.54, 1.807) is 6.08 Å². The fourth-order valence-electron chi connectivity index (χ4n) is 2.43. The zero-order chi connectivity index (χ0) is 20.4.